The summed E-state index contributed by atoms with van der Waals surface area (Å²) in [6, 6.07) is 4.14. The summed E-state index contributed by atoms with van der Waals surface area (Å²) in [6.45, 7) is 1.23. The van der Waals surface area contributed by atoms with Gasteiger partial charge in [0.15, 0.2) is 11.6 Å². The molecule has 174 valence electrons. The monoisotopic (exact) mass is 458 g/mol. The van der Waals surface area contributed by atoms with Gasteiger partial charge in [-0.1, -0.05) is 12.1 Å². The van der Waals surface area contributed by atoms with Crippen molar-refractivity contribution in [2.45, 2.75) is 30.7 Å². The number of aromatic nitrogens is 2. The third-order valence-electron chi connectivity index (χ3n) is 5.76. The van der Waals surface area contributed by atoms with Gasteiger partial charge in [-0.2, -0.15) is 17.6 Å². The van der Waals surface area contributed by atoms with Crippen LogP contribution in [0, 0.1) is 5.82 Å². The normalized spacial score (nSPS) is 21.4. The van der Waals surface area contributed by atoms with Gasteiger partial charge in [0, 0.05) is 32.6 Å². The van der Waals surface area contributed by atoms with Gasteiger partial charge >= 0.3 is 6.18 Å². The van der Waals surface area contributed by atoms with Crippen LogP contribution >= 0.6 is 0 Å². The van der Waals surface area contributed by atoms with E-state index in [0.29, 0.717) is 25.4 Å². The molecule has 6 nitrogen and oxygen atoms in total. The second-order valence-corrected chi connectivity index (χ2v) is 7.88. The van der Waals surface area contributed by atoms with Crippen molar-refractivity contribution >= 4 is 11.6 Å². The summed E-state index contributed by atoms with van der Waals surface area (Å²) < 4.78 is 79.4. The molecule has 0 saturated carbocycles. The average Bonchev–Trinajstić information content (AvgIpc) is 2.78. The number of hydrogen-bond acceptors (Lipinski definition) is 6. The zero-order valence-corrected chi connectivity index (χ0v) is 17.2. The van der Waals surface area contributed by atoms with Gasteiger partial charge in [-0.25, -0.2) is 14.4 Å². The number of alkyl halides is 4. The Morgan fingerprint density at radius 3 is 2.47 bits per heavy atom. The van der Waals surface area contributed by atoms with Gasteiger partial charge in [-0.15, -0.1) is 0 Å². The Kier molecular flexibility index (Phi) is 6.47. The lowest BCUT2D eigenvalue weighted by Crippen LogP contribution is -2.41. The Morgan fingerprint density at radius 1 is 1.06 bits per heavy atom. The summed E-state index contributed by atoms with van der Waals surface area (Å²) >= 11 is 0. The van der Waals surface area contributed by atoms with Gasteiger partial charge in [0.05, 0.1) is 31.4 Å². The molecular formula is C21H23F5N4O2. The third-order valence-corrected chi connectivity index (χ3v) is 5.76. The molecule has 1 unspecified atom stereocenters. The summed E-state index contributed by atoms with van der Waals surface area (Å²) in [5.74, 6) is -0.895. The number of anilines is 2. The van der Waals surface area contributed by atoms with Crippen LogP contribution < -0.4 is 10.2 Å². The van der Waals surface area contributed by atoms with Crippen LogP contribution in [0.15, 0.2) is 30.6 Å². The topological polar surface area (TPSA) is 59.5 Å². The lowest BCUT2D eigenvalue weighted by Gasteiger charge is -2.37. The van der Waals surface area contributed by atoms with E-state index in [1.54, 1.807) is 4.90 Å². The highest BCUT2D eigenvalue weighted by Crippen LogP contribution is 2.35. The van der Waals surface area contributed by atoms with Gasteiger partial charge in [0.2, 0.25) is 5.82 Å². The second kappa shape index (κ2) is 9.14. The van der Waals surface area contributed by atoms with Crippen LogP contribution in [0.3, 0.4) is 0 Å². The molecule has 1 atom stereocenters. The number of morpholine rings is 1. The Morgan fingerprint density at radius 2 is 1.78 bits per heavy atom. The molecule has 1 N–H and O–H groups in total. The molecule has 1 aromatic carbocycles. The average molecular weight is 458 g/mol. The third kappa shape index (κ3) is 4.93. The number of nitrogens with zero attached hydrogens (tertiary/aromatic N) is 3. The fourth-order valence-corrected chi connectivity index (χ4v) is 3.87. The van der Waals surface area contributed by atoms with Crippen LogP contribution in [0.5, 0.6) is 0 Å². The maximum atomic E-state index is 15.3. The molecule has 0 bridgehead atoms. The van der Waals surface area contributed by atoms with Crippen LogP contribution in [0.2, 0.25) is 0 Å². The van der Waals surface area contributed by atoms with Crippen LogP contribution in [0.1, 0.15) is 30.0 Å². The van der Waals surface area contributed by atoms with Crippen LogP contribution in [0.4, 0.5) is 33.6 Å². The van der Waals surface area contributed by atoms with Gasteiger partial charge in [0.25, 0.3) is 0 Å². The highest BCUT2D eigenvalue weighted by molar-refractivity contribution is 5.53. The molecule has 4 rings (SSSR count). The Hall–Kier alpha value is -2.53. The van der Waals surface area contributed by atoms with Gasteiger partial charge < -0.3 is 19.7 Å². The highest BCUT2D eigenvalue weighted by Gasteiger charge is 2.34. The summed E-state index contributed by atoms with van der Waals surface area (Å²) in [6.07, 6.45) is -2.86. The first-order valence-electron chi connectivity index (χ1n) is 10.3. The van der Waals surface area contributed by atoms with Gasteiger partial charge in [0.1, 0.15) is 12.0 Å². The van der Waals surface area contributed by atoms with Crippen LogP contribution in [-0.4, -0.2) is 55.2 Å². The molecule has 11 heteroatoms. The molecule has 1 aromatic heterocycles. The van der Waals surface area contributed by atoms with E-state index in [-0.39, 0.29) is 44.2 Å². The minimum absolute atomic E-state index is 0.0180. The standard InChI is InChI=1S/C21H23F5N4O2/c22-17-18(27-12-20(23)5-8-31-9-6-20)28-13-29-19(17)30-7-10-32-11-16(30)14-1-3-15(4-2-14)21(24,25)26/h1-4,13,16H,5-12H2,(H,27,28,29). The van der Waals surface area contributed by atoms with E-state index in [1.807, 2.05) is 0 Å². The highest BCUT2D eigenvalue weighted by atomic mass is 19.4. The molecule has 2 aromatic rings. The van der Waals surface area contributed by atoms with E-state index in [1.165, 1.54) is 18.5 Å². The van der Waals surface area contributed by atoms with E-state index >= 15 is 4.39 Å². The maximum absolute atomic E-state index is 15.3. The van der Waals surface area contributed by atoms with Crippen LogP contribution in [0.25, 0.3) is 0 Å². The summed E-state index contributed by atoms with van der Waals surface area (Å²) in [5.41, 5.74) is -1.75. The second-order valence-electron chi connectivity index (χ2n) is 7.88. The number of ether oxygens (including phenoxy) is 2. The fourth-order valence-electron chi connectivity index (χ4n) is 3.87. The Labute approximate surface area is 181 Å². The molecule has 0 aliphatic carbocycles. The van der Waals surface area contributed by atoms with Crippen molar-refractivity contribution in [1.82, 2.24) is 9.97 Å². The molecular weight excluding hydrogens is 435 g/mol. The minimum Gasteiger partial charge on any atom is -0.381 e. The molecule has 0 amide bonds. The van der Waals surface area contributed by atoms with E-state index in [2.05, 4.69) is 15.3 Å². The van der Waals surface area contributed by atoms with Crippen molar-refractivity contribution in [3.8, 4) is 0 Å². The molecule has 2 aliphatic heterocycles. The smallest absolute Gasteiger partial charge is 0.381 e. The fraction of sp³-hybridized carbons (Fsp3) is 0.524. The number of rotatable bonds is 5. The molecule has 2 saturated heterocycles. The molecule has 0 radical (unpaired) electrons. The molecule has 2 fully saturated rings. The molecule has 32 heavy (non-hydrogen) atoms. The van der Waals surface area contributed by atoms with E-state index in [4.69, 9.17) is 9.47 Å². The summed E-state index contributed by atoms with van der Waals surface area (Å²) in [5, 5.41) is 2.74. The van der Waals surface area contributed by atoms with Crippen molar-refractivity contribution < 1.29 is 31.4 Å². The van der Waals surface area contributed by atoms with E-state index < -0.39 is 29.3 Å². The molecule has 3 heterocycles. The number of hydrogen-bond donors (Lipinski definition) is 1. The quantitative estimate of drug-likeness (QED) is 0.680. The van der Waals surface area contributed by atoms with E-state index in [9.17, 15) is 17.6 Å². The van der Waals surface area contributed by atoms with Gasteiger partial charge in [-0.3, -0.25) is 0 Å². The number of benzene rings is 1. The lowest BCUT2D eigenvalue weighted by molar-refractivity contribution is -0.137. The van der Waals surface area contributed by atoms with Crippen molar-refractivity contribution in [1.29, 1.82) is 0 Å². The lowest BCUT2D eigenvalue weighted by atomic mass is 9.96. The first kappa shape index (κ1) is 22.7. The van der Waals surface area contributed by atoms with Crippen molar-refractivity contribution in [3.63, 3.8) is 0 Å². The SMILES string of the molecule is Fc1c(NCC2(F)CCOCC2)ncnc1N1CCOCC1c1ccc(C(F)(F)F)cc1. The predicted octanol–water partition coefficient (Wildman–Crippen LogP) is 4.14. The summed E-state index contributed by atoms with van der Waals surface area (Å²) in [7, 11) is 0. The number of halogens is 5. The largest absolute Gasteiger partial charge is 0.416 e. The molecule has 0 spiro atoms. The zero-order chi connectivity index (χ0) is 22.8. The Balaban J connectivity index is 1.55. The number of nitrogens with one attached hydrogen (secondary N) is 1. The predicted molar refractivity (Wildman–Crippen MR) is 107 cm³/mol. The van der Waals surface area contributed by atoms with Crippen molar-refractivity contribution in [2.24, 2.45) is 0 Å². The summed E-state index contributed by atoms with van der Waals surface area (Å²) in [4.78, 5) is 9.60. The zero-order valence-electron chi connectivity index (χ0n) is 17.2. The first-order valence-corrected chi connectivity index (χ1v) is 10.3. The van der Waals surface area contributed by atoms with Gasteiger partial charge in [-0.05, 0) is 17.7 Å². The van der Waals surface area contributed by atoms with Crippen molar-refractivity contribution in [2.75, 3.05) is 49.7 Å². The molecule has 2 aliphatic rings. The first-order chi connectivity index (χ1) is 15.3. The van der Waals surface area contributed by atoms with E-state index in [0.717, 1.165) is 12.1 Å². The Bertz CT molecular complexity index is 919. The maximum Gasteiger partial charge on any atom is 0.416 e. The minimum atomic E-state index is -4.45. The van der Waals surface area contributed by atoms with Crippen LogP contribution in [-0.2, 0) is 15.7 Å². The van der Waals surface area contributed by atoms with Crippen molar-refractivity contribution in [3.05, 3.63) is 47.5 Å².